The third kappa shape index (κ3) is 3.61. The van der Waals surface area contributed by atoms with Crippen molar-refractivity contribution in [2.45, 2.75) is 25.9 Å². The first kappa shape index (κ1) is 20.2. The van der Waals surface area contributed by atoms with Crippen molar-refractivity contribution in [1.82, 2.24) is 14.8 Å². The summed E-state index contributed by atoms with van der Waals surface area (Å²) in [5.74, 6) is -1.07. The van der Waals surface area contributed by atoms with Crippen LogP contribution in [0.3, 0.4) is 0 Å². The quantitative estimate of drug-likeness (QED) is 0.509. The van der Waals surface area contributed by atoms with Crippen molar-refractivity contribution in [3.05, 3.63) is 72.1 Å². The Balaban J connectivity index is 1.62. The average molecular weight is 428 g/mol. The van der Waals surface area contributed by atoms with Gasteiger partial charge in [-0.05, 0) is 61.2 Å². The standard InChI is InChI=1S/C25H24N4O3/c1-16-23-21(17-7-9-18(10-8-17)28-13-11-20(30)12-14-28)15-22(25(31)32)26-24(23)29(27-16)19-5-3-2-4-6-19/h2-10,15,20,30H,11-14H2,1H3,(H,31,32). The van der Waals surface area contributed by atoms with Crippen LogP contribution >= 0.6 is 0 Å². The minimum Gasteiger partial charge on any atom is -0.477 e. The van der Waals surface area contributed by atoms with Crippen molar-refractivity contribution in [3.8, 4) is 16.8 Å². The topological polar surface area (TPSA) is 91.5 Å². The number of benzene rings is 2. The highest BCUT2D eigenvalue weighted by Crippen LogP contribution is 2.33. The number of pyridine rings is 1. The summed E-state index contributed by atoms with van der Waals surface area (Å²) < 4.78 is 1.70. The zero-order chi connectivity index (χ0) is 22.2. The molecule has 0 bridgehead atoms. The number of hydrogen-bond acceptors (Lipinski definition) is 5. The number of carbonyl (C=O) groups is 1. The highest BCUT2D eigenvalue weighted by atomic mass is 16.4. The lowest BCUT2D eigenvalue weighted by Crippen LogP contribution is -2.35. The molecule has 2 aromatic heterocycles. The van der Waals surface area contributed by atoms with Crippen molar-refractivity contribution in [3.63, 3.8) is 0 Å². The molecule has 0 radical (unpaired) electrons. The molecule has 1 aliphatic heterocycles. The predicted octanol–water partition coefficient (Wildman–Crippen LogP) is 4.06. The molecular weight excluding hydrogens is 404 g/mol. The van der Waals surface area contributed by atoms with Gasteiger partial charge in [-0.1, -0.05) is 30.3 Å². The first-order chi connectivity index (χ1) is 15.5. The van der Waals surface area contributed by atoms with E-state index >= 15 is 0 Å². The summed E-state index contributed by atoms with van der Waals surface area (Å²) in [6.45, 7) is 3.57. The van der Waals surface area contributed by atoms with E-state index in [1.54, 1.807) is 10.7 Å². The maximum atomic E-state index is 11.9. The Labute approximate surface area is 185 Å². The Morgan fingerprint density at radius 1 is 1.00 bits per heavy atom. The van der Waals surface area contributed by atoms with Crippen LogP contribution in [-0.2, 0) is 0 Å². The Morgan fingerprint density at radius 3 is 2.34 bits per heavy atom. The highest BCUT2D eigenvalue weighted by molar-refractivity contribution is 6.00. The molecule has 0 spiro atoms. The van der Waals surface area contributed by atoms with Crippen LogP contribution in [0, 0.1) is 6.92 Å². The van der Waals surface area contributed by atoms with Crippen molar-refractivity contribution in [1.29, 1.82) is 0 Å². The highest BCUT2D eigenvalue weighted by Gasteiger charge is 2.21. The lowest BCUT2D eigenvalue weighted by Gasteiger charge is -2.31. The number of fused-ring (bicyclic) bond motifs is 1. The first-order valence-electron chi connectivity index (χ1n) is 10.7. The number of aryl methyl sites for hydroxylation is 1. The van der Waals surface area contributed by atoms with E-state index in [1.807, 2.05) is 49.4 Å². The molecule has 4 aromatic rings. The van der Waals surface area contributed by atoms with Gasteiger partial charge in [0.05, 0.1) is 22.9 Å². The first-order valence-corrected chi connectivity index (χ1v) is 10.7. The fourth-order valence-electron chi connectivity index (χ4n) is 4.35. The number of piperidine rings is 1. The lowest BCUT2D eigenvalue weighted by molar-refractivity contribution is 0.0691. The van der Waals surface area contributed by atoms with Crippen molar-refractivity contribution < 1.29 is 15.0 Å². The molecular formula is C25H24N4O3. The van der Waals surface area contributed by atoms with Gasteiger partial charge in [0, 0.05) is 18.8 Å². The van der Waals surface area contributed by atoms with Gasteiger partial charge in [0.2, 0.25) is 0 Å². The molecule has 0 amide bonds. The normalized spacial score (nSPS) is 14.8. The Bertz CT molecular complexity index is 1270. The minimum atomic E-state index is -1.07. The molecule has 5 rings (SSSR count). The van der Waals surface area contributed by atoms with Gasteiger partial charge in [0.15, 0.2) is 11.3 Å². The van der Waals surface area contributed by atoms with E-state index in [1.165, 1.54) is 0 Å². The summed E-state index contributed by atoms with van der Waals surface area (Å²) in [6, 6.07) is 19.4. The van der Waals surface area contributed by atoms with Crippen LogP contribution in [0.5, 0.6) is 0 Å². The van der Waals surface area contributed by atoms with E-state index in [9.17, 15) is 15.0 Å². The second kappa shape index (κ2) is 8.09. The van der Waals surface area contributed by atoms with Gasteiger partial charge in [-0.15, -0.1) is 0 Å². The fraction of sp³-hybridized carbons (Fsp3) is 0.240. The van der Waals surface area contributed by atoms with Gasteiger partial charge in [0.25, 0.3) is 0 Å². The third-order valence-corrected chi connectivity index (χ3v) is 6.04. The second-order valence-electron chi connectivity index (χ2n) is 8.16. The number of aliphatic hydroxyl groups excluding tert-OH is 1. The molecule has 162 valence electrons. The Hall–Kier alpha value is -3.71. The largest absolute Gasteiger partial charge is 0.477 e. The zero-order valence-corrected chi connectivity index (χ0v) is 17.8. The van der Waals surface area contributed by atoms with E-state index in [0.29, 0.717) is 5.65 Å². The summed E-state index contributed by atoms with van der Waals surface area (Å²) >= 11 is 0. The van der Waals surface area contributed by atoms with E-state index in [2.05, 4.69) is 27.1 Å². The van der Waals surface area contributed by atoms with Gasteiger partial charge in [-0.2, -0.15) is 5.10 Å². The Kier molecular flexibility index (Phi) is 5.11. The molecule has 3 heterocycles. The zero-order valence-electron chi connectivity index (χ0n) is 17.8. The molecule has 1 aliphatic rings. The van der Waals surface area contributed by atoms with Crippen LogP contribution < -0.4 is 4.90 Å². The van der Waals surface area contributed by atoms with Crippen LogP contribution in [0.4, 0.5) is 5.69 Å². The van der Waals surface area contributed by atoms with Gasteiger partial charge in [-0.3, -0.25) is 0 Å². The average Bonchev–Trinajstić information content (AvgIpc) is 3.16. The molecule has 7 nitrogen and oxygen atoms in total. The molecule has 32 heavy (non-hydrogen) atoms. The third-order valence-electron chi connectivity index (χ3n) is 6.04. The number of hydrogen-bond donors (Lipinski definition) is 2. The van der Waals surface area contributed by atoms with E-state index < -0.39 is 5.97 Å². The molecule has 2 N–H and O–H groups in total. The number of rotatable bonds is 4. The van der Waals surface area contributed by atoms with Gasteiger partial charge < -0.3 is 15.1 Å². The fourth-order valence-corrected chi connectivity index (χ4v) is 4.35. The number of aromatic nitrogens is 3. The van der Waals surface area contributed by atoms with Gasteiger partial charge >= 0.3 is 5.97 Å². The van der Waals surface area contributed by atoms with Crippen molar-refractivity contribution >= 4 is 22.7 Å². The van der Waals surface area contributed by atoms with Crippen LogP contribution in [0.15, 0.2) is 60.7 Å². The summed E-state index contributed by atoms with van der Waals surface area (Å²) in [4.78, 5) is 18.5. The van der Waals surface area contributed by atoms with Crippen molar-refractivity contribution in [2.24, 2.45) is 0 Å². The number of nitrogens with zero attached hydrogens (tertiary/aromatic N) is 4. The van der Waals surface area contributed by atoms with Crippen LogP contribution in [-0.4, -0.2) is 50.1 Å². The van der Waals surface area contributed by atoms with Gasteiger partial charge in [-0.25, -0.2) is 14.5 Å². The number of aliphatic hydroxyl groups is 1. The number of para-hydroxylation sites is 1. The summed E-state index contributed by atoms with van der Waals surface area (Å²) in [5.41, 5.74) is 4.94. The van der Waals surface area contributed by atoms with E-state index in [4.69, 9.17) is 0 Å². The summed E-state index contributed by atoms with van der Waals surface area (Å²) in [6.07, 6.45) is 1.33. The smallest absolute Gasteiger partial charge is 0.354 e. The molecule has 0 unspecified atom stereocenters. The van der Waals surface area contributed by atoms with E-state index in [0.717, 1.165) is 59.5 Å². The predicted molar refractivity (Wildman–Crippen MR) is 123 cm³/mol. The number of carboxylic acids is 1. The van der Waals surface area contributed by atoms with Crippen LogP contribution in [0.25, 0.3) is 27.8 Å². The van der Waals surface area contributed by atoms with Crippen LogP contribution in [0.1, 0.15) is 29.0 Å². The molecule has 2 aromatic carbocycles. The minimum absolute atomic E-state index is 0.0151. The molecule has 0 atom stereocenters. The second-order valence-corrected chi connectivity index (χ2v) is 8.16. The van der Waals surface area contributed by atoms with E-state index in [-0.39, 0.29) is 11.8 Å². The molecule has 0 aliphatic carbocycles. The number of carboxylic acid groups (broad SMARTS) is 1. The lowest BCUT2D eigenvalue weighted by atomic mass is 10.00. The van der Waals surface area contributed by atoms with Crippen molar-refractivity contribution in [2.75, 3.05) is 18.0 Å². The SMILES string of the molecule is Cc1nn(-c2ccccc2)c2nc(C(=O)O)cc(-c3ccc(N4CCC(O)CC4)cc3)c12. The molecule has 1 fully saturated rings. The van der Waals surface area contributed by atoms with Crippen LogP contribution in [0.2, 0.25) is 0 Å². The Morgan fingerprint density at radius 2 is 1.69 bits per heavy atom. The molecule has 7 heteroatoms. The number of anilines is 1. The molecule has 0 saturated carbocycles. The maximum absolute atomic E-state index is 11.9. The van der Waals surface area contributed by atoms with Gasteiger partial charge in [0.1, 0.15) is 0 Å². The monoisotopic (exact) mass is 428 g/mol. The molecule has 1 saturated heterocycles. The maximum Gasteiger partial charge on any atom is 0.354 e. The summed E-state index contributed by atoms with van der Waals surface area (Å²) in [5, 5.41) is 25.0. The number of aromatic carboxylic acids is 1. The summed E-state index contributed by atoms with van der Waals surface area (Å²) in [7, 11) is 0.